The molecule has 0 bridgehead atoms. The lowest BCUT2D eigenvalue weighted by Gasteiger charge is -2.23. The third-order valence-corrected chi connectivity index (χ3v) is 3.21. The van der Waals surface area contributed by atoms with Gasteiger partial charge in [0.1, 0.15) is 0 Å². The quantitative estimate of drug-likeness (QED) is 0.820. The van der Waals surface area contributed by atoms with E-state index in [4.69, 9.17) is 11.5 Å². The van der Waals surface area contributed by atoms with Gasteiger partial charge in [0, 0.05) is 25.2 Å². The highest BCUT2D eigenvalue weighted by atomic mass is 16.2. The molecule has 0 radical (unpaired) electrons. The van der Waals surface area contributed by atoms with E-state index in [9.17, 15) is 9.59 Å². The predicted octanol–water partition coefficient (Wildman–Crippen LogP) is 0.727. The van der Waals surface area contributed by atoms with Crippen LogP contribution in [0.15, 0.2) is 24.3 Å². The second-order valence-corrected chi connectivity index (χ2v) is 4.90. The molecule has 0 aliphatic rings. The normalized spacial score (nSPS) is 13.7. The summed E-state index contributed by atoms with van der Waals surface area (Å²) in [6.07, 6.45) is 0. The Hall–Kier alpha value is -1.88. The highest BCUT2D eigenvalue weighted by molar-refractivity contribution is 5.92. The number of carbonyl (C=O) groups excluding carboxylic acids is 2. The summed E-state index contributed by atoms with van der Waals surface area (Å²) >= 11 is 0. The smallest absolute Gasteiger partial charge is 0.248 e. The molecular weight excluding hydrogens is 242 g/mol. The average Bonchev–Trinajstić information content (AvgIpc) is 2.37. The van der Waals surface area contributed by atoms with E-state index >= 15 is 0 Å². The Kier molecular flexibility index (Phi) is 5.06. The lowest BCUT2D eigenvalue weighted by atomic mass is 10.0. The van der Waals surface area contributed by atoms with Crippen molar-refractivity contribution in [2.24, 2.45) is 17.4 Å². The van der Waals surface area contributed by atoms with Crippen molar-refractivity contribution in [2.45, 2.75) is 26.4 Å². The molecule has 0 fully saturated rings. The molecule has 1 aromatic rings. The number of rotatable bonds is 5. The van der Waals surface area contributed by atoms with Gasteiger partial charge in [0.25, 0.3) is 0 Å². The van der Waals surface area contributed by atoms with Gasteiger partial charge in [-0.25, -0.2) is 0 Å². The fourth-order valence-corrected chi connectivity index (χ4v) is 1.70. The first-order chi connectivity index (χ1) is 8.82. The molecule has 2 unspecified atom stereocenters. The molecule has 4 N–H and O–H groups in total. The molecular formula is C14H21N3O2. The molecule has 19 heavy (non-hydrogen) atoms. The van der Waals surface area contributed by atoms with Gasteiger partial charge in [-0.15, -0.1) is 0 Å². The zero-order chi connectivity index (χ0) is 14.6. The largest absolute Gasteiger partial charge is 0.366 e. The summed E-state index contributed by atoms with van der Waals surface area (Å²) in [4.78, 5) is 24.6. The number of nitrogens with two attached hydrogens (primary N) is 2. The topological polar surface area (TPSA) is 89.4 Å². The summed E-state index contributed by atoms with van der Waals surface area (Å²) < 4.78 is 0. The Morgan fingerprint density at radius 3 is 2.16 bits per heavy atom. The SMILES string of the molecule is CC(N)C(C)C(=O)N(C)Cc1ccc(C(N)=O)cc1. The Morgan fingerprint density at radius 1 is 1.21 bits per heavy atom. The van der Waals surface area contributed by atoms with Crippen molar-refractivity contribution < 1.29 is 9.59 Å². The van der Waals surface area contributed by atoms with Crippen LogP contribution in [0.1, 0.15) is 29.8 Å². The molecule has 0 aliphatic carbocycles. The fraction of sp³-hybridized carbons (Fsp3) is 0.429. The number of amides is 2. The summed E-state index contributed by atoms with van der Waals surface area (Å²) in [5.74, 6) is -0.662. The predicted molar refractivity (Wildman–Crippen MR) is 74.2 cm³/mol. The van der Waals surface area contributed by atoms with Crippen molar-refractivity contribution >= 4 is 11.8 Å². The number of benzene rings is 1. The average molecular weight is 263 g/mol. The summed E-state index contributed by atoms with van der Waals surface area (Å²) in [5.41, 5.74) is 12.3. The molecule has 5 heteroatoms. The first kappa shape index (κ1) is 15.2. The number of hydrogen-bond donors (Lipinski definition) is 2. The van der Waals surface area contributed by atoms with Crippen LogP contribution < -0.4 is 11.5 Å². The Labute approximate surface area is 113 Å². The maximum atomic E-state index is 12.0. The summed E-state index contributed by atoms with van der Waals surface area (Å²) in [6, 6.07) is 6.73. The Morgan fingerprint density at radius 2 is 1.74 bits per heavy atom. The summed E-state index contributed by atoms with van der Waals surface area (Å²) in [6.45, 7) is 4.12. The molecule has 0 aliphatic heterocycles. The van der Waals surface area contributed by atoms with Crippen LogP contribution in [-0.2, 0) is 11.3 Å². The Bertz CT molecular complexity index is 454. The van der Waals surface area contributed by atoms with Crippen molar-refractivity contribution in [3.63, 3.8) is 0 Å². The van der Waals surface area contributed by atoms with E-state index in [0.717, 1.165) is 5.56 Å². The second-order valence-electron chi connectivity index (χ2n) is 4.90. The van der Waals surface area contributed by atoms with E-state index in [1.54, 1.807) is 36.2 Å². The minimum atomic E-state index is -0.457. The highest BCUT2D eigenvalue weighted by Gasteiger charge is 2.20. The molecule has 0 heterocycles. The standard InChI is InChI=1S/C14H21N3O2/c1-9(10(2)15)14(19)17(3)8-11-4-6-12(7-5-11)13(16)18/h4-7,9-10H,8,15H2,1-3H3,(H2,16,18). The molecule has 2 atom stereocenters. The molecule has 0 aromatic heterocycles. The van der Waals surface area contributed by atoms with Crippen molar-refractivity contribution in [3.8, 4) is 0 Å². The first-order valence-electron chi connectivity index (χ1n) is 6.22. The number of nitrogens with zero attached hydrogens (tertiary/aromatic N) is 1. The van der Waals surface area contributed by atoms with Gasteiger partial charge in [0.15, 0.2) is 0 Å². The van der Waals surface area contributed by atoms with E-state index in [1.165, 1.54) is 0 Å². The molecule has 5 nitrogen and oxygen atoms in total. The lowest BCUT2D eigenvalue weighted by Crippen LogP contribution is -2.39. The maximum Gasteiger partial charge on any atom is 0.248 e. The molecule has 104 valence electrons. The van der Waals surface area contributed by atoms with Crippen LogP contribution in [0.4, 0.5) is 0 Å². The summed E-state index contributed by atoms with van der Waals surface area (Å²) in [5, 5.41) is 0. The van der Waals surface area contributed by atoms with Crippen LogP contribution in [0.5, 0.6) is 0 Å². The zero-order valence-corrected chi connectivity index (χ0v) is 11.6. The lowest BCUT2D eigenvalue weighted by molar-refractivity contribution is -0.134. The second kappa shape index (κ2) is 6.33. The van der Waals surface area contributed by atoms with Gasteiger partial charge in [-0.1, -0.05) is 19.1 Å². The molecule has 2 amide bonds. The van der Waals surface area contributed by atoms with Gasteiger partial charge < -0.3 is 16.4 Å². The van der Waals surface area contributed by atoms with Crippen LogP contribution in [0.3, 0.4) is 0 Å². The third-order valence-electron chi connectivity index (χ3n) is 3.21. The van der Waals surface area contributed by atoms with E-state index < -0.39 is 5.91 Å². The van der Waals surface area contributed by atoms with Gasteiger partial charge in [0.05, 0.1) is 5.92 Å². The van der Waals surface area contributed by atoms with Crippen molar-refractivity contribution in [1.29, 1.82) is 0 Å². The van der Waals surface area contributed by atoms with Gasteiger partial charge in [-0.2, -0.15) is 0 Å². The summed E-state index contributed by atoms with van der Waals surface area (Å²) in [7, 11) is 1.74. The molecule has 1 aromatic carbocycles. The first-order valence-corrected chi connectivity index (χ1v) is 6.22. The van der Waals surface area contributed by atoms with Gasteiger partial charge >= 0.3 is 0 Å². The Balaban J connectivity index is 2.69. The third kappa shape index (κ3) is 4.06. The van der Waals surface area contributed by atoms with Crippen molar-refractivity contribution in [1.82, 2.24) is 4.90 Å². The molecule has 0 saturated heterocycles. The monoisotopic (exact) mass is 263 g/mol. The maximum absolute atomic E-state index is 12.0. The van der Waals surface area contributed by atoms with E-state index in [0.29, 0.717) is 12.1 Å². The number of primary amides is 1. The van der Waals surface area contributed by atoms with Crippen LogP contribution >= 0.6 is 0 Å². The van der Waals surface area contributed by atoms with Gasteiger partial charge in [-0.05, 0) is 24.6 Å². The van der Waals surface area contributed by atoms with Crippen LogP contribution in [0.25, 0.3) is 0 Å². The molecule has 1 rings (SSSR count). The van der Waals surface area contributed by atoms with Gasteiger partial charge in [0.2, 0.25) is 11.8 Å². The fourth-order valence-electron chi connectivity index (χ4n) is 1.70. The number of carbonyl (C=O) groups is 2. The minimum absolute atomic E-state index is 0.00831. The van der Waals surface area contributed by atoms with Crippen LogP contribution in [0.2, 0.25) is 0 Å². The van der Waals surface area contributed by atoms with Crippen LogP contribution in [-0.4, -0.2) is 29.8 Å². The van der Waals surface area contributed by atoms with Crippen molar-refractivity contribution in [3.05, 3.63) is 35.4 Å². The zero-order valence-electron chi connectivity index (χ0n) is 11.6. The number of hydrogen-bond acceptors (Lipinski definition) is 3. The van der Waals surface area contributed by atoms with E-state index in [-0.39, 0.29) is 17.9 Å². The van der Waals surface area contributed by atoms with E-state index in [2.05, 4.69) is 0 Å². The highest BCUT2D eigenvalue weighted by Crippen LogP contribution is 2.10. The van der Waals surface area contributed by atoms with Crippen LogP contribution in [0, 0.1) is 5.92 Å². The van der Waals surface area contributed by atoms with Gasteiger partial charge in [-0.3, -0.25) is 9.59 Å². The van der Waals surface area contributed by atoms with E-state index in [1.807, 2.05) is 13.8 Å². The molecule has 0 saturated carbocycles. The molecule has 0 spiro atoms. The van der Waals surface area contributed by atoms with Crippen molar-refractivity contribution in [2.75, 3.05) is 7.05 Å². The minimum Gasteiger partial charge on any atom is -0.366 e.